The molecule has 0 bridgehead atoms. The van der Waals surface area contributed by atoms with Crippen molar-refractivity contribution in [3.63, 3.8) is 0 Å². The summed E-state index contributed by atoms with van der Waals surface area (Å²) in [6.45, 7) is 13.1. The number of hydrogen-bond acceptors (Lipinski definition) is 2. The Morgan fingerprint density at radius 3 is 2.24 bits per heavy atom. The molecular formula is C21H33NO2Si. The van der Waals surface area contributed by atoms with E-state index < -0.39 is 8.24 Å². The molecule has 0 spiro atoms. The molecule has 3 nitrogen and oxygen atoms in total. The first-order valence-electron chi connectivity index (χ1n) is 9.63. The van der Waals surface area contributed by atoms with E-state index in [1.54, 1.807) is 0 Å². The van der Waals surface area contributed by atoms with E-state index in [1.165, 1.54) is 31.2 Å². The fraction of sp³-hybridized carbons (Fsp3) is 0.619. The number of amides is 1. The summed E-state index contributed by atoms with van der Waals surface area (Å²) < 4.78 is 1.84. The standard InChI is InChI=1S/C21H33NO2Si/c1-7-8-9-10-11-12-16-13-14-18-17(15-16)19(23)20(24)22(18)25(5,6)21(2,3)4/h13-15H,7-12H2,1-6H3. The van der Waals surface area contributed by atoms with E-state index in [0.717, 1.165) is 18.5 Å². The molecule has 0 aliphatic carbocycles. The SMILES string of the molecule is CCCCCCCc1ccc2c(c1)C(=O)C(=O)N2[Si](C)(C)C(C)(C)C. The van der Waals surface area contributed by atoms with Crippen molar-refractivity contribution in [2.24, 2.45) is 0 Å². The van der Waals surface area contributed by atoms with Gasteiger partial charge in [-0.2, -0.15) is 0 Å². The fourth-order valence-corrected chi connectivity index (χ4v) is 5.34. The Hall–Kier alpha value is -1.42. The van der Waals surface area contributed by atoms with Crippen LogP contribution in [0.25, 0.3) is 0 Å². The van der Waals surface area contributed by atoms with Crippen LogP contribution in [0, 0.1) is 0 Å². The summed E-state index contributed by atoms with van der Waals surface area (Å²) in [6.07, 6.45) is 7.18. The first kappa shape index (κ1) is 19.9. The van der Waals surface area contributed by atoms with E-state index in [-0.39, 0.29) is 16.7 Å². The zero-order valence-corrected chi connectivity index (χ0v) is 17.7. The van der Waals surface area contributed by atoms with Gasteiger partial charge >= 0.3 is 0 Å². The highest BCUT2D eigenvalue weighted by molar-refractivity contribution is 6.90. The number of aryl methyl sites for hydroxylation is 1. The largest absolute Gasteiger partial charge is 0.333 e. The van der Waals surface area contributed by atoms with Gasteiger partial charge in [0.2, 0.25) is 0 Å². The molecule has 0 aromatic heterocycles. The third-order valence-corrected chi connectivity index (χ3v) is 11.1. The molecule has 138 valence electrons. The number of nitrogens with zero attached hydrogens (tertiary/aromatic N) is 1. The Bertz CT molecular complexity index is 658. The van der Waals surface area contributed by atoms with Crippen LogP contribution in [-0.4, -0.2) is 19.9 Å². The molecule has 1 aromatic carbocycles. The highest BCUT2D eigenvalue weighted by atomic mass is 28.3. The lowest BCUT2D eigenvalue weighted by molar-refractivity contribution is -0.113. The van der Waals surface area contributed by atoms with Gasteiger partial charge in [0.15, 0.2) is 8.24 Å². The van der Waals surface area contributed by atoms with Gasteiger partial charge < -0.3 is 4.57 Å². The molecule has 2 rings (SSSR count). The number of fused-ring (bicyclic) bond motifs is 1. The Balaban J connectivity index is 2.22. The van der Waals surface area contributed by atoms with Crippen LogP contribution in [-0.2, 0) is 11.2 Å². The number of ketones is 1. The van der Waals surface area contributed by atoms with Crippen LogP contribution in [0.1, 0.15) is 75.7 Å². The second kappa shape index (κ2) is 7.44. The molecule has 1 aliphatic rings. The van der Waals surface area contributed by atoms with Crippen molar-refractivity contribution < 1.29 is 9.59 Å². The minimum Gasteiger partial charge on any atom is -0.333 e. The third kappa shape index (κ3) is 3.89. The number of anilines is 1. The van der Waals surface area contributed by atoms with Gasteiger partial charge in [0.1, 0.15) is 0 Å². The van der Waals surface area contributed by atoms with Gasteiger partial charge in [0.25, 0.3) is 11.7 Å². The number of rotatable bonds is 7. The van der Waals surface area contributed by atoms with Crippen molar-refractivity contribution >= 4 is 25.6 Å². The Morgan fingerprint density at radius 1 is 1.00 bits per heavy atom. The van der Waals surface area contributed by atoms with E-state index in [4.69, 9.17) is 0 Å². The van der Waals surface area contributed by atoms with Gasteiger partial charge in [0, 0.05) is 5.69 Å². The quantitative estimate of drug-likeness (QED) is 0.354. The fourth-order valence-electron chi connectivity index (χ4n) is 3.26. The number of carbonyl (C=O) groups is 2. The normalized spacial score (nSPS) is 15.0. The maximum atomic E-state index is 12.7. The molecule has 0 N–H and O–H groups in total. The zero-order valence-electron chi connectivity index (χ0n) is 16.7. The molecule has 0 radical (unpaired) electrons. The van der Waals surface area contributed by atoms with E-state index in [2.05, 4.69) is 46.9 Å². The second-order valence-corrected chi connectivity index (χ2v) is 13.9. The molecule has 25 heavy (non-hydrogen) atoms. The molecule has 0 fully saturated rings. The minimum atomic E-state index is -2.12. The minimum absolute atomic E-state index is 0.00248. The number of hydrogen-bond donors (Lipinski definition) is 0. The number of carbonyl (C=O) groups excluding carboxylic acids is 2. The summed E-state index contributed by atoms with van der Waals surface area (Å²) in [5.74, 6) is -0.658. The summed E-state index contributed by atoms with van der Waals surface area (Å²) >= 11 is 0. The molecule has 1 aromatic rings. The Labute approximate surface area is 153 Å². The zero-order chi connectivity index (χ0) is 18.8. The average molecular weight is 360 g/mol. The highest BCUT2D eigenvalue weighted by Crippen LogP contribution is 2.44. The summed E-state index contributed by atoms with van der Waals surface area (Å²) in [5, 5.41) is 0.00248. The van der Waals surface area contributed by atoms with Crippen molar-refractivity contribution in [1.29, 1.82) is 0 Å². The first-order chi connectivity index (χ1) is 11.6. The molecule has 1 amide bonds. The molecule has 1 heterocycles. The van der Waals surface area contributed by atoms with Gasteiger partial charge in [-0.3, -0.25) is 9.59 Å². The van der Waals surface area contributed by atoms with Crippen LogP contribution in [0.2, 0.25) is 18.1 Å². The monoisotopic (exact) mass is 359 g/mol. The van der Waals surface area contributed by atoms with Crippen LogP contribution in [0.4, 0.5) is 5.69 Å². The summed E-state index contributed by atoms with van der Waals surface area (Å²) in [4.78, 5) is 25.3. The molecule has 0 saturated carbocycles. The van der Waals surface area contributed by atoms with Crippen molar-refractivity contribution in [2.45, 2.75) is 84.4 Å². The van der Waals surface area contributed by atoms with Crippen molar-refractivity contribution in [1.82, 2.24) is 0 Å². The molecular weight excluding hydrogens is 326 g/mol. The molecule has 1 aliphatic heterocycles. The van der Waals surface area contributed by atoms with Gasteiger partial charge in [0.05, 0.1) is 5.56 Å². The molecule has 0 saturated heterocycles. The topological polar surface area (TPSA) is 37.4 Å². The molecule has 0 unspecified atom stereocenters. The van der Waals surface area contributed by atoms with Crippen molar-refractivity contribution in [3.05, 3.63) is 29.3 Å². The molecule has 0 atom stereocenters. The lowest BCUT2D eigenvalue weighted by Gasteiger charge is -2.43. The maximum Gasteiger partial charge on any atom is 0.291 e. The van der Waals surface area contributed by atoms with E-state index in [9.17, 15) is 9.59 Å². The number of unbranched alkanes of at least 4 members (excludes halogenated alkanes) is 4. The summed E-state index contributed by atoms with van der Waals surface area (Å²) in [6, 6.07) is 6.06. The van der Waals surface area contributed by atoms with Crippen molar-refractivity contribution in [3.8, 4) is 0 Å². The van der Waals surface area contributed by atoms with Crippen LogP contribution >= 0.6 is 0 Å². The van der Waals surface area contributed by atoms with Crippen LogP contribution in [0.15, 0.2) is 18.2 Å². The lowest BCUT2D eigenvalue weighted by Crippen LogP contribution is -2.57. The predicted molar refractivity (Wildman–Crippen MR) is 108 cm³/mol. The maximum absolute atomic E-state index is 12.7. The van der Waals surface area contributed by atoms with Crippen LogP contribution in [0.5, 0.6) is 0 Å². The van der Waals surface area contributed by atoms with Gasteiger partial charge in [-0.15, -0.1) is 0 Å². The average Bonchev–Trinajstić information content (AvgIpc) is 2.78. The Kier molecular flexibility index (Phi) is 5.92. The summed E-state index contributed by atoms with van der Waals surface area (Å²) in [7, 11) is -2.12. The van der Waals surface area contributed by atoms with E-state index in [1.807, 2.05) is 16.7 Å². The number of benzene rings is 1. The van der Waals surface area contributed by atoms with Gasteiger partial charge in [-0.05, 0) is 35.6 Å². The molecule has 4 heteroatoms. The predicted octanol–water partition coefficient (Wildman–Crippen LogP) is 5.73. The van der Waals surface area contributed by atoms with Gasteiger partial charge in [-0.1, -0.05) is 72.5 Å². The van der Waals surface area contributed by atoms with Gasteiger partial charge in [-0.25, -0.2) is 0 Å². The lowest BCUT2D eigenvalue weighted by atomic mass is 10.0. The number of Topliss-reactive ketones (excluding diaryl/α,β-unsaturated/α-hetero) is 1. The smallest absolute Gasteiger partial charge is 0.291 e. The van der Waals surface area contributed by atoms with Crippen LogP contribution < -0.4 is 4.57 Å². The third-order valence-electron chi connectivity index (χ3n) is 5.91. The van der Waals surface area contributed by atoms with E-state index in [0.29, 0.717) is 5.56 Å². The van der Waals surface area contributed by atoms with Crippen LogP contribution in [0.3, 0.4) is 0 Å². The Morgan fingerprint density at radius 2 is 1.64 bits per heavy atom. The second-order valence-electron chi connectivity index (χ2n) is 8.79. The highest BCUT2D eigenvalue weighted by Gasteiger charge is 2.50. The van der Waals surface area contributed by atoms with Crippen molar-refractivity contribution in [2.75, 3.05) is 4.57 Å². The summed E-state index contributed by atoms with van der Waals surface area (Å²) in [5.41, 5.74) is 2.62. The first-order valence-corrected chi connectivity index (χ1v) is 12.6. The van der Waals surface area contributed by atoms with E-state index >= 15 is 0 Å².